The van der Waals surface area contributed by atoms with Crippen molar-refractivity contribution in [2.45, 2.75) is 6.92 Å². The van der Waals surface area contributed by atoms with E-state index in [0.29, 0.717) is 10.8 Å². The molecule has 2 amide bonds. The summed E-state index contributed by atoms with van der Waals surface area (Å²) in [6, 6.07) is 10.8. The summed E-state index contributed by atoms with van der Waals surface area (Å²) in [6.45, 7) is 1.51. The average Bonchev–Trinajstić information content (AvgIpc) is 3.15. The highest BCUT2D eigenvalue weighted by molar-refractivity contribution is 7.13. The molecule has 3 rings (SSSR count). The van der Waals surface area contributed by atoms with Gasteiger partial charge in [-0.2, -0.15) is 0 Å². The van der Waals surface area contributed by atoms with Gasteiger partial charge in [-0.05, 0) is 25.1 Å². The van der Waals surface area contributed by atoms with Gasteiger partial charge in [0.15, 0.2) is 5.13 Å². The summed E-state index contributed by atoms with van der Waals surface area (Å²) >= 11 is 1.27. The predicted octanol–water partition coefficient (Wildman–Crippen LogP) is 3.86. The number of thiazole rings is 1. The number of para-hydroxylation sites is 1. The Morgan fingerprint density at radius 2 is 1.74 bits per heavy atom. The lowest BCUT2D eigenvalue weighted by Gasteiger charge is -2.12. The number of amides is 2. The molecular weight excluding hydrogens is 368 g/mol. The van der Waals surface area contributed by atoms with Crippen LogP contribution in [0.2, 0.25) is 0 Å². The Bertz CT molecular complexity index is 1020. The molecule has 0 radical (unpaired) electrons. The highest BCUT2D eigenvalue weighted by Gasteiger charge is 2.20. The molecule has 0 atom stereocenters. The van der Waals surface area contributed by atoms with Crippen LogP contribution in [0.1, 0.15) is 26.3 Å². The summed E-state index contributed by atoms with van der Waals surface area (Å²) in [6.07, 6.45) is 1.57. The number of aromatic nitrogens is 1. The Labute approximate surface area is 158 Å². The molecule has 0 saturated carbocycles. The monoisotopic (exact) mass is 382 g/mol. The average molecular weight is 382 g/mol. The summed E-state index contributed by atoms with van der Waals surface area (Å²) < 4.78 is 0. The molecule has 136 valence electrons. The van der Waals surface area contributed by atoms with Gasteiger partial charge in [-0.25, -0.2) is 4.98 Å². The van der Waals surface area contributed by atoms with Crippen molar-refractivity contribution >= 4 is 39.7 Å². The smallest absolute Gasteiger partial charge is 0.273 e. The zero-order valence-corrected chi connectivity index (χ0v) is 14.9. The van der Waals surface area contributed by atoms with Crippen LogP contribution < -0.4 is 10.6 Å². The highest BCUT2D eigenvalue weighted by atomic mass is 32.1. The Morgan fingerprint density at radius 3 is 2.44 bits per heavy atom. The second-order valence-electron chi connectivity index (χ2n) is 5.50. The minimum absolute atomic E-state index is 0.141. The summed E-state index contributed by atoms with van der Waals surface area (Å²) in [5, 5.41) is 18.5. The number of carbonyl (C=O) groups excluding carboxylic acids is 2. The van der Waals surface area contributed by atoms with Gasteiger partial charge in [0, 0.05) is 28.8 Å². The quantitative estimate of drug-likeness (QED) is 0.514. The third-order valence-electron chi connectivity index (χ3n) is 3.82. The molecule has 2 N–H and O–H groups in total. The van der Waals surface area contributed by atoms with Crippen LogP contribution in [-0.4, -0.2) is 21.7 Å². The summed E-state index contributed by atoms with van der Waals surface area (Å²) in [4.78, 5) is 39.6. The maximum atomic E-state index is 12.6. The fraction of sp³-hybridized carbons (Fsp3) is 0.0556. The lowest BCUT2D eigenvalue weighted by Crippen LogP contribution is -2.19. The van der Waals surface area contributed by atoms with E-state index in [9.17, 15) is 19.7 Å². The van der Waals surface area contributed by atoms with E-state index in [4.69, 9.17) is 0 Å². The number of rotatable bonds is 5. The van der Waals surface area contributed by atoms with Gasteiger partial charge in [0.25, 0.3) is 17.5 Å². The second-order valence-corrected chi connectivity index (χ2v) is 6.39. The third-order valence-corrected chi connectivity index (χ3v) is 4.51. The van der Waals surface area contributed by atoms with E-state index in [0.717, 1.165) is 0 Å². The molecule has 0 aliphatic carbocycles. The van der Waals surface area contributed by atoms with Gasteiger partial charge in [0.1, 0.15) is 0 Å². The zero-order valence-electron chi connectivity index (χ0n) is 14.1. The lowest BCUT2D eigenvalue weighted by atomic mass is 10.1. The number of anilines is 2. The van der Waals surface area contributed by atoms with Crippen molar-refractivity contribution in [3.8, 4) is 0 Å². The van der Waals surface area contributed by atoms with Crippen LogP contribution in [-0.2, 0) is 0 Å². The van der Waals surface area contributed by atoms with Crippen molar-refractivity contribution in [1.82, 2.24) is 4.98 Å². The fourth-order valence-corrected chi connectivity index (χ4v) is 3.02. The molecule has 27 heavy (non-hydrogen) atoms. The first-order valence-electron chi connectivity index (χ1n) is 7.82. The summed E-state index contributed by atoms with van der Waals surface area (Å²) in [5.74, 6) is -0.956. The lowest BCUT2D eigenvalue weighted by molar-refractivity contribution is -0.385. The van der Waals surface area contributed by atoms with Gasteiger partial charge in [-0.3, -0.25) is 25.0 Å². The molecular formula is C18H14N4O4S. The van der Waals surface area contributed by atoms with Crippen LogP contribution in [0, 0.1) is 17.0 Å². The maximum Gasteiger partial charge on any atom is 0.273 e. The van der Waals surface area contributed by atoms with Crippen LogP contribution >= 0.6 is 11.3 Å². The number of hydrogen-bond acceptors (Lipinski definition) is 6. The number of hydrogen-bond donors (Lipinski definition) is 2. The van der Waals surface area contributed by atoms with Gasteiger partial charge in [-0.15, -0.1) is 11.3 Å². The topological polar surface area (TPSA) is 114 Å². The second kappa shape index (κ2) is 7.75. The van der Waals surface area contributed by atoms with Gasteiger partial charge in [0.2, 0.25) is 0 Å². The van der Waals surface area contributed by atoms with Crippen LogP contribution in [0.5, 0.6) is 0 Å². The van der Waals surface area contributed by atoms with E-state index in [1.54, 1.807) is 35.8 Å². The highest BCUT2D eigenvalue weighted by Crippen LogP contribution is 2.23. The molecule has 0 saturated heterocycles. The van der Waals surface area contributed by atoms with E-state index in [1.165, 1.54) is 36.5 Å². The van der Waals surface area contributed by atoms with E-state index >= 15 is 0 Å². The summed E-state index contributed by atoms with van der Waals surface area (Å²) in [7, 11) is 0. The summed E-state index contributed by atoms with van der Waals surface area (Å²) in [5.41, 5.74) is 0.827. The van der Waals surface area contributed by atoms with Crippen molar-refractivity contribution in [3.63, 3.8) is 0 Å². The first kappa shape index (κ1) is 18.2. The van der Waals surface area contributed by atoms with Gasteiger partial charge >= 0.3 is 0 Å². The molecule has 9 heteroatoms. The van der Waals surface area contributed by atoms with Crippen molar-refractivity contribution in [2.24, 2.45) is 0 Å². The minimum Gasteiger partial charge on any atom is -0.321 e. The largest absolute Gasteiger partial charge is 0.321 e. The van der Waals surface area contributed by atoms with E-state index in [-0.39, 0.29) is 22.4 Å². The predicted molar refractivity (Wildman–Crippen MR) is 102 cm³/mol. The normalized spacial score (nSPS) is 10.3. The standard InChI is InChI=1S/C18H14N4O4S/c1-11-12(6-4-8-15(11)22(25)26)16(23)20-14-7-3-2-5-13(14)17(24)21-18-19-9-10-27-18/h2-10H,1H3,(H,20,23)(H,19,21,24). The van der Waals surface area contributed by atoms with E-state index in [1.807, 2.05) is 0 Å². The van der Waals surface area contributed by atoms with Gasteiger partial charge < -0.3 is 5.32 Å². The molecule has 3 aromatic rings. The number of nitrogens with one attached hydrogen (secondary N) is 2. The zero-order chi connectivity index (χ0) is 19.4. The first-order chi connectivity index (χ1) is 13.0. The number of nitrogens with zero attached hydrogens (tertiary/aromatic N) is 2. The Morgan fingerprint density at radius 1 is 1.04 bits per heavy atom. The number of carbonyl (C=O) groups is 2. The van der Waals surface area contributed by atoms with Gasteiger partial charge in [-0.1, -0.05) is 18.2 Å². The molecule has 1 heterocycles. The van der Waals surface area contributed by atoms with Crippen LogP contribution in [0.25, 0.3) is 0 Å². The van der Waals surface area contributed by atoms with Crippen molar-refractivity contribution in [3.05, 3.63) is 80.8 Å². The molecule has 2 aromatic carbocycles. The van der Waals surface area contributed by atoms with E-state index in [2.05, 4.69) is 15.6 Å². The Hall–Kier alpha value is -3.59. The van der Waals surface area contributed by atoms with Crippen molar-refractivity contribution in [2.75, 3.05) is 10.6 Å². The first-order valence-corrected chi connectivity index (χ1v) is 8.70. The molecule has 0 unspecified atom stereocenters. The molecule has 0 bridgehead atoms. The van der Waals surface area contributed by atoms with Crippen molar-refractivity contribution in [1.29, 1.82) is 0 Å². The van der Waals surface area contributed by atoms with Gasteiger partial charge in [0.05, 0.1) is 16.2 Å². The van der Waals surface area contributed by atoms with Crippen LogP contribution in [0.15, 0.2) is 54.0 Å². The molecule has 8 nitrogen and oxygen atoms in total. The molecule has 1 aromatic heterocycles. The maximum absolute atomic E-state index is 12.6. The Kier molecular flexibility index (Phi) is 5.23. The van der Waals surface area contributed by atoms with E-state index < -0.39 is 16.7 Å². The molecule has 0 aliphatic heterocycles. The number of nitro benzene ring substituents is 1. The SMILES string of the molecule is Cc1c(C(=O)Nc2ccccc2C(=O)Nc2nccs2)cccc1[N+](=O)[O-]. The molecule has 0 fully saturated rings. The minimum atomic E-state index is -0.540. The van der Waals surface area contributed by atoms with Crippen LogP contribution in [0.3, 0.4) is 0 Å². The Balaban J connectivity index is 1.86. The molecule has 0 aliphatic rings. The van der Waals surface area contributed by atoms with Crippen molar-refractivity contribution < 1.29 is 14.5 Å². The third kappa shape index (κ3) is 3.98. The van der Waals surface area contributed by atoms with Crippen LogP contribution in [0.4, 0.5) is 16.5 Å². The number of benzene rings is 2. The molecule has 0 spiro atoms. The number of nitro groups is 1. The fourth-order valence-electron chi connectivity index (χ4n) is 2.50.